The average Bonchev–Trinajstić information content (AvgIpc) is 3.39. The third-order valence-electron chi connectivity index (χ3n) is 10.7. The van der Waals surface area contributed by atoms with Crippen LogP contribution in [0.2, 0.25) is 0 Å². The van der Waals surface area contributed by atoms with Crippen molar-refractivity contribution in [3.8, 4) is 6.07 Å². The Morgan fingerprint density at radius 3 is 2.86 bits per heavy atom. The highest BCUT2D eigenvalue weighted by Gasteiger charge is 2.50. The zero-order valence-corrected chi connectivity index (χ0v) is 25.1. The highest BCUT2D eigenvalue weighted by atomic mass is 19.1. The van der Waals surface area contributed by atoms with E-state index in [9.17, 15) is 14.4 Å². The van der Waals surface area contributed by atoms with Crippen molar-refractivity contribution in [2.24, 2.45) is 11.3 Å². The fourth-order valence-corrected chi connectivity index (χ4v) is 8.59. The number of likely N-dealkylation sites (N-methyl/N-ethyl adjacent to an activating group) is 1. The van der Waals surface area contributed by atoms with Crippen LogP contribution >= 0.6 is 0 Å². The number of ether oxygens (including phenoxy) is 1. The van der Waals surface area contributed by atoms with Gasteiger partial charge in [0.15, 0.2) is 6.35 Å². The number of piperazine rings is 1. The Kier molecular flexibility index (Phi) is 8.58. The van der Waals surface area contributed by atoms with Gasteiger partial charge in [-0.25, -0.2) is 4.39 Å². The SMILES string of the molecule is C=CC(=O)N1CCN(C2NC(OC[C@H]3CCCN3C)NC3C[C@]4(CCC32)Cc2cc(F)ccc2N(C)C4)C[C@H]1CC#N. The maximum Gasteiger partial charge on any atom is 0.246 e. The van der Waals surface area contributed by atoms with Gasteiger partial charge >= 0.3 is 0 Å². The van der Waals surface area contributed by atoms with Crippen molar-refractivity contribution in [1.29, 1.82) is 5.26 Å². The van der Waals surface area contributed by atoms with Crippen LogP contribution in [0.15, 0.2) is 30.9 Å². The molecular weight excluding hydrogens is 533 g/mol. The molecule has 0 bridgehead atoms. The van der Waals surface area contributed by atoms with Gasteiger partial charge in [-0.1, -0.05) is 6.58 Å². The maximum absolute atomic E-state index is 14.3. The minimum absolute atomic E-state index is 0.0697. The molecule has 9 nitrogen and oxygen atoms in total. The number of carbonyl (C=O) groups is 1. The third kappa shape index (κ3) is 5.82. The van der Waals surface area contributed by atoms with Crippen LogP contribution in [-0.4, -0.2) is 105 Å². The lowest BCUT2D eigenvalue weighted by Gasteiger charge is -2.57. The van der Waals surface area contributed by atoms with Gasteiger partial charge in [-0.05, 0) is 87.4 Å². The summed E-state index contributed by atoms with van der Waals surface area (Å²) in [6.45, 7) is 8.38. The molecule has 6 rings (SSSR count). The Morgan fingerprint density at radius 1 is 1.24 bits per heavy atom. The molecule has 3 saturated heterocycles. The number of benzene rings is 1. The van der Waals surface area contributed by atoms with Gasteiger partial charge in [-0.15, -0.1) is 0 Å². The van der Waals surface area contributed by atoms with E-state index in [1.54, 1.807) is 17.0 Å². The summed E-state index contributed by atoms with van der Waals surface area (Å²) < 4.78 is 20.8. The van der Waals surface area contributed by atoms with E-state index in [4.69, 9.17) is 4.74 Å². The van der Waals surface area contributed by atoms with Crippen molar-refractivity contribution >= 4 is 11.6 Å². The number of hydrogen-bond donors (Lipinski definition) is 2. The summed E-state index contributed by atoms with van der Waals surface area (Å²) in [5.41, 5.74) is 2.31. The molecule has 10 heteroatoms. The summed E-state index contributed by atoms with van der Waals surface area (Å²) >= 11 is 0. The zero-order chi connectivity index (χ0) is 29.4. The summed E-state index contributed by atoms with van der Waals surface area (Å²) in [4.78, 5) is 21.5. The molecule has 42 heavy (non-hydrogen) atoms. The van der Waals surface area contributed by atoms with Crippen LogP contribution in [0.3, 0.4) is 0 Å². The van der Waals surface area contributed by atoms with Crippen LogP contribution in [0.1, 0.15) is 44.1 Å². The van der Waals surface area contributed by atoms with Gasteiger partial charge in [0.1, 0.15) is 5.82 Å². The number of hydrogen-bond acceptors (Lipinski definition) is 8. The summed E-state index contributed by atoms with van der Waals surface area (Å²) in [5.74, 6) is 0.0817. The van der Waals surface area contributed by atoms with Crippen LogP contribution in [0.4, 0.5) is 10.1 Å². The van der Waals surface area contributed by atoms with Crippen molar-refractivity contribution in [2.45, 2.75) is 75.6 Å². The number of amides is 1. The van der Waals surface area contributed by atoms with Crippen LogP contribution in [0, 0.1) is 28.5 Å². The number of anilines is 1. The van der Waals surface area contributed by atoms with E-state index in [1.165, 1.54) is 12.5 Å². The molecule has 0 radical (unpaired) electrons. The first-order chi connectivity index (χ1) is 20.3. The molecule has 1 aromatic rings. The van der Waals surface area contributed by atoms with E-state index >= 15 is 0 Å². The molecule has 4 heterocycles. The molecule has 1 saturated carbocycles. The molecule has 1 amide bonds. The summed E-state index contributed by atoms with van der Waals surface area (Å²) in [5, 5.41) is 17.2. The predicted molar refractivity (Wildman–Crippen MR) is 160 cm³/mol. The Morgan fingerprint density at radius 2 is 2.10 bits per heavy atom. The minimum Gasteiger partial charge on any atom is -0.374 e. The fourth-order valence-electron chi connectivity index (χ4n) is 8.59. The molecule has 4 aliphatic heterocycles. The largest absolute Gasteiger partial charge is 0.374 e. The van der Waals surface area contributed by atoms with E-state index in [1.807, 2.05) is 6.07 Å². The van der Waals surface area contributed by atoms with Gasteiger partial charge in [0.05, 0.1) is 31.3 Å². The maximum atomic E-state index is 14.3. The molecule has 1 spiro atoms. The highest BCUT2D eigenvalue weighted by molar-refractivity contribution is 5.87. The van der Waals surface area contributed by atoms with Gasteiger partial charge in [0.2, 0.25) is 5.91 Å². The van der Waals surface area contributed by atoms with Gasteiger partial charge in [-0.2, -0.15) is 5.26 Å². The van der Waals surface area contributed by atoms with Gasteiger partial charge in [0, 0.05) is 56.9 Å². The smallest absolute Gasteiger partial charge is 0.246 e. The van der Waals surface area contributed by atoms with Gasteiger partial charge < -0.3 is 19.4 Å². The molecule has 4 fully saturated rings. The van der Waals surface area contributed by atoms with E-state index in [0.717, 1.165) is 63.0 Å². The number of likely N-dealkylation sites (tertiary alicyclic amines) is 1. The molecule has 1 aromatic carbocycles. The highest BCUT2D eigenvalue weighted by Crippen LogP contribution is 2.48. The summed E-state index contributed by atoms with van der Waals surface area (Å²) in [7, 11) is 4.30. The monoisotopic (exact) mass is 579 g/mol. The molecule has 7 atom stereocenters. The van der Waals surface area contributed by atoms with Crippen LogP contribution < -0.4 is 15.5 Å². The second-order valence-corrected chi connectivity index (χ2v) is 13.3. The number of rotatable bonds is 6. The van der Waals surface area contributed by atoms with E-state index < -0.39 is 0 Å². The molecular formula is C32H46FN7O2. The van der Waals surface area contributed by atoms with Gasteiger partial charge in [0.25, 0.3) is 0 Å². The Balaban J connectivity index is 1.22. The minimum atomic E-state index is -0.284. The van der Waals surface area contributed by atoms with Crippen molar-refractivity contribution < 1.29 is 13.9 Å². The van der Waals surface area contributed by atoms with Crippen molar-refractivity contribution in [3.05, 3.63) is 42.2 Å². The lowest BCUT2D eigenvalue weighted by atomic mass is 9.62. The van der Waals surface area contributed by atoms with Crippen molar-refractivity contribution in [1.82, 2.24) is 25.3 Å². The van der Waals surface area contributed by atoms with Crippen LogP contribution in [0.5, 0.6) is 0 Å². The second-order valence-electron chi connectivity index (χ2n) is 13.3. The molecule has 4 unspecified atom stereocenters. The number of fused-ring (bicyclic) bond motifs is 2. The number of nitrogens with zero attached hydrogens (tertiary/aromatic N) is 5. The van der Waals surface area contributed by atoms with Gasteiger partial charge in [-0.3, -0.25) is 20.3 Å². The molecule has 5 aliphatic rings. The standard InChI is InChI=1S/C32H46FN7O2/c1-4-29(41)40-15-14-39(19-24(40)10-12-34)30-26-9-11-32(17-22-16-23(33)7-8-28(22)38(3)21-32)18-27(26)35-31(36-30)42-20-25-6-5-13-37(25)2/h4,7-8,16,24-27,30-31,35-36H,1,5-6,9-11,13-15,17-21H2,2-3H3/t24-,25-,26?,27?,30?,31?,32+/m1/s1. The molecule has 1 aliphatic carbocycles. The van der Waals surface area contributed by atoms with E-state index in [0.29, 0.717) is 38.1 Å². The Bertz CT molecular complexity index is 1210. The summed E-state index contributed by atoms with van der Waals surface area (Å²) in [6, 6.07) is 8.00. The Hall–Kier alpha value is -2.55. The summed E-state index contributed by atoms with van der Waals surface area (Å²) in [6.07, 6.45) is 7.80. The quantitative estimate of drug-likeness (QED) is 0.498. The predicted octanol–water partition coefficient (Wildman–Crippen LogP) is 2.50. The van der Waals surface area contributed by atoms with Crippen molar-refractivity contribution in [2.75, 3.05) is 58.3 Å². The first-order valence-electron chi connectivity index (χ1n) is 15.7. The number of nitrogens with one attached hydrogen (secondary N) is 2. The van der Waals surface area contributed by atoms with Crippen LogP contribution in [0.25, 0.3) is 0 Å². The molecule has 2 N–H and O–H groups in total. The van der Waals surface area contributed by atoms with Crippen LogP contribution in [-0.2, 0) is 16.0 Å². The average molecular weight is 580 g/mol. The number of nitriles is 1. The third-order valence-corrected chi connectivity index (χ3v) is 10.7. The molecule has 228 valence electrons. The normalized spacial score (nSPS) is 35.5. The van der Waals surface area contributed by atoms with Crippen molar-refractivity contribution in [3.63, 3.8) is 0 Å². The number of carbonyl (C=O) groups excluding carboxylic acids is 1. The van der Waals surface area contributed by atoms with E-state index in [-0.39, 0.29) is 41.7 Å². The second kappa shape index (κ2) is 12.2. The molecule has 0 aromatic heterocycles. The fraction of sp³-hybridized carbons (Fsp3) is 0.688. The Labute approximate surface area is 249 Å². The lowest BCUT2D eigenvalue weighted by Crippen LogP contribution is -2.73. The topological polar surface area (TPSA) is 87.1 Å². The number of halogens is 1. The first-order valence-corrected chi connectivity index (χ1v) is 15.7. The first kappa shape index (κ1) is 29.5. The van der Waals surface area contributed by atoms with E-state index in [2.05, 4.69) is 52.1 Å². The lowest BCUT2D eigenvalue weighted by molar-refractivity contribution is -0.137. The zero-order valence-electron chi connectivity index (χ0n) is 25.1.